The van der Waals surface area contributed by atoms with Gasteiger partial charge in [-0.1, -0.05) is 145 Å². The predicted molar refractivity (Wildman–Crippen MR) is 353 cm³/mol. The summed E-state index contributed by atoms with van der Waals surface area (Å²) in [5.41, 5.74) is 2.00. The van der Waals surface area contributed by atoms with Crippen molar-refractivity contribution in [1.82, 2.24) is 48.4 Å². The number of H-pyrrole nitrogens is 2. The predicted octanol–water partition coefficient (Wildman–Crippen LogP) is 10.4. The van der Waals surface area contributed by atoms with Gasteiger partial charge in [0.2, 0.25) is 31.4 Å². The van der Waals surface area contributed by atoms with Crippen LogP contribution in [0.4, 0.5) is 11.9 Å². The van der Waals surface area contributed by atoms with E-state index in [1.807, 2.05) is 61.5 Å². The lowest BCUT2D eigenvalue weighted by Crippen LogP contribution is -2.41. The van der Waals surface area contributed by atoms with E-state index in [1.54, 1.807) is 36.8 Å². The maximum Gasteiger partial charge on any atom is 0.280 e. The highest BCUT2D eigenvalue weighted by Crippen LogP contribution is 2.65. The molecule has 28 heteroatoms. The number of fused-ring (bicyclic) bond motifs is 8. The summed E-state index contributed by atoms with van der Waals surface area (Å²) in [6.45, 7) is 13.8. The van der Waals surface area contributed by atoms with Crippen molar-refractivity contribution in [2.45, 2.75) is 184 Å². The van der Waals surface area contributed by atoms with E-state index in [4.69, 9.17) is 43.8 Å². The first-order chi connectivity index (χ1) is 45.5. The molecular formula is C66H83ClN12O13P2. The summed E-state index contributed by atoms with van der Waals surface area (Å²) in [5.74, 6) is -0.442. The largest absolute Gasteiger partial charge is 0.388 e. The summed E-state index contributed by atoms with van der Waals surface area (Å²) in [4.78, 5) is 71.5. The zero-order valence-corrected chi connectivity index (χ0v) is 56.1. The number of rotatable bonds is 14. The van der Waals surface area contributed by atoms with Crippen LogP contribution in [-0.2, 0) is 42.1 Å². The number of nitrogens with zero attached hydrogens (tertiary/aromatic N) is 8. The number of aromatic amines is 2. The number of ether oxygens (including phenoxy) is 4. The molecule has 9 aliphatic rings. The van der Waals surface area contributed by atoms with Crippen molar-refractivity contribution in [1.29, 1.82) is 0 Å². The molecule has 4 bridgehead atoms. The van der Waals surface area contributed by atoms with E-state index in [2.05, 4.69) is 93.2 Å². The lowest BCUT2D eigenvalue weighted by Gasteiger charge is -2.31. The smallest absolute Gasteiger partial charge is 0.280 e. The van der Waals surface area contributed by atoms with Crippen LogP contribution in [0.15, 0.2) is 113 Å². The minimum atomic E-state index is -1.32. The molecule has 8 aliphatic heterocycles. The molecule has 94 heavy (non-hydrogen) atoms. The fourth-order valence-corrected chi connectivity index (χ4v) is 18.4. The van der Waals surface area contributed by atoms with E-state index in [-0.39, 0.29) is 82.7 Å². The van der Waals surface area contributed by atoms with Crippen LogP contribution < -0.4 is 21.8 Å². The molecule has 1 saturated carbocycles. The molecule has 7 aromatic rings. The number of hydrogen-bond donors (Lipinski definition) is 6. The Kier molecular flexibility index (Phi) is 20.0. The highest BCUT2D eigenvalue weighted by Gasteiger charge is 2.65. The second-order valence-corrected chi connectivity index (χ2v) is 29.6. The molecule has 0 radical (unpaired) electrons. The SMILES string of the molecule is CC[C@]12CO[C@@H](C1O)[C@H](n1cnc3c(=O)[nH]c(NC(=O)C(C)C)nc31)O2.CC[C@]12CO[C@@H](C1OP1OC(c3ccccc3)C3CCCN31)[C@H](n1cnc3c(=O)[nH]c(NC(=O)C(C)C)nc31)O2.ClP1OC(c2ccccc2)C2CCCN21.OC(c1ccccc1)C1CCCC1. The Hall–Kier alpha value is -5.99. The first-order valence-electron chi connectivity index (χ1n) is 32.9. The minimum Gasteiger partial charge on any atom is -0.388 e. The molecule has 16 rings (SSSR count). The van der Waals surface area contributed by atoms with Crippen LogP contribution in [0, 0.1) is 17.8 Å². The quantitative estimate of drug-likeness (QED) is 0.0552. The summed E-state index contributed by atoms with van der Waals surface area (Å²) in [7, 11) is -2.18. The Balaban J connectivity index is 0.000000126. The molecule has 0 spiro atoms. The minimum absolute atomic E-state index is 0.0305. The van der Waals surface area contributed by atoms with Gasteiger partial charge >= 0.3 is 0 Å². The van der Waals surface area contributed by atoms with E-state index in [0.717, 1.165) is 31.5 Å². The van der Waals surface area contributed by atoms with Gasteiger partial charge in [0.05, 0.1) is 32.0 Å². The molecule has 9 fully saturated rings. The zero-order valence-electron chi connectivity index (χ0n) is 53.5. The topological polar surface area (TPSA) is 297 Å². The van der Waals surface area contributed by atoms with Gasteiger partial charge in [-0.05, 0) is 85.2 Å². The maximum absolute atomic E-state index is 12.8. The summed E-state index contributed by atoms with van der Waals surface area (Å²) >= 11 is 6.23. The van der Waals surface area contributed by atoms with Crippen molar-refractivity contribution in [3.8, 4) is 0 Å². The lowest BCUT2D eigenvalue weighted by molar-refractivity contribution is -0.173. The van der Waals surface area contributed by atoms with Gasteiger partial charge in [0.25, 0.3) is 19.6 Å². The molecule has 12 heterocycles. The van der Waals surface area contributed by atoms with E-state index in [9.17, 15) is 29.4 Å². The van der Waals surface area contributed by atoms with Crippen molar-refractivity contribution in [2.75, 3.05) is 36.9 Å². The third kappa shape index (κ3) is 13.0. The van der Waals surface area contributed by atoms with Crippen LogP contribution in [0.25, 0.3) is 22.3 Å². The molecule has 25 nitrogen and oxygen atoms in total. The standard InChI is InChI=1S/C27H33N6O6P.C16H21N5O5.C12H16O.C11H13ClNOP/c1-4-27-13-36-20(21(27)39-40-33-12-8-11-17(33)19(38-40)16-9-6-5-7-10-16)25(37-27)32-14-28-18-22(32)29-26(31-24(18)35)30-23(34)15(2)3;1-4-16-5-25-9(10(16)22)14(26-16)21-6-17-8-11(21)18-15(20-13(8)24)19-12(23)7(2)3;13-12(11-8-4-5-9-11)10-6-2-1-3-7-10;12-15-13-8-4-7-10(13)11(14-15)9-5-2-1-3-6-9/h5-7,9-10,14-15,17,19-21,25H,4,8,11-13H2,1-3H3,(H2,29,30,31,34,35);6-7,9-10,14,22H,4-5H2,1-3H3,(H2,18,19,20,23,24);1-3,6-7,11-13H,4-5,8-9H2;1-3,5-6,10-11H,4,7-8H2/t17?,19?,20-,21?,25+,27-,40?;9-,10?,14+,16-;;/m00../s1. The molecule has 3 aromatic carbocycles. The maximum atomic E-state index is 12.8. The number of nitrogens with one attached hydrogen (secondary N) is 4. The van der Waals surface area contributed by atoms with E-state index < -0.39 is 69.3 Å². The lowest BCUT2D eigenvalue weighted by atomic mass is 9.95. The van der Waals surface area contributed by atoms with Gasteiger partial charge in [0.15, 0.2) is 34.8 Å². The highest BCUT2D eigenvalue weighted by molar-refractivity contribution is 7.78. The first kappa shape index (κ1) is 66.6. The van der Waals surface area contributed by atoms with Gasteiger partial charge in [-0.3, -0.25) is 48.9 Å². The average Bonchev–Trinajstić information content (AvgIpc) is 1.57. The number of aromatic nitrogens is 8. The normalized spacial score (nSPS) is 31.1. The number of hydrogen-bond acceptors (Lipinski definition) is 19. The van der Waals surface area contributed by atoms with Gasteiger partial charge in [0, 0.05) is 37.0 Å². The van der Waals surface area contributed by atoms with E-state index in [0.29, 0.717) is 43.7 Å². The number of carbonyl (C=O) groups excluding carboxylic acids is 2. The van der Waals surface area contributed by atoms with Crippen LogP contribution in [-0.4, -0.2) is 144 Å². The van der Waals surface area contributed by atoms with Crippen molar-refractivity contribution in [3.05, 3.63) is 141 Å². The third-order valence-corrected chi connectivity index (χ3v) is 23.5. The summed E-state index contributed by atoms with van der Waals surface area (Å²) in [5, 5.41) is 25.7. The molecular weight excluding hydrogens is 1270 g/mol. The molecule has 1 aliphatic carbocycles. The zero-order chi connectivity index (χ0) is 65.6. The fourth-order valence-electron chi connectivity index (χ4n) is 14.2. The van der Waals surface area contributed by atoms with Gasteiger partial charge < -0.3 is 42.7 Å². The Bertz CT molecular complexity index is 3910. The third-order valence-electron chi connectivity index (χ3n) is 19.6. The number of aliphatic hydroxyl groups excluding tert-OH is 2. The Morgan fingerprint density at radius 2 is 1.15 bits per heavy atom. The van der Waals surface area contributed by atoms with E-state index in [1.165, 1.54) is 62.3 Å². The summed E-state index contributed by atoms with van der Waals surface area (Å²) in [6.07, 6.45) is 10.4. The van der Waals surface area contributed by atoms with E-state index >= 15 is 0 Å². The van der Waals surface area contributed by atoms with Crippen molar-refractivity contribution in [3.63, 3.8) is 0 Å². The number of carbonyl (C=O) groups is 2. The fraction of sp³-hybridized carbons (Fsp3) is 0.545. The second kappa shape index (κ2) is 28.2. The number of imidazole rings is 2. The van der Waals surface area contributed by atoms with Crippen LogP contribution in [0.5, 0.6) is 0 Å². The Morgan fingerprint density at radius 3 is 1.68 bits per heavy atom. The van der Waals surface area contributed by atoms with Crippen LogP contribution >= 0.6 is 27.4 Å². The second-order valence-electron chi connectivity index (χ2n) is 26.1. The van der Waals surface area contributed by atoms with Crippen molar-refractivity contribution >= 4 is 73.5 Å². The summed E-state index contributed by atoms with van der Waals surface area (Å²) < 4.78 is 52.0. The Labute approximate surface area is 551 Å². The van der Waals surface area contributed by atoms with Crippen LogP contribution in [0.1, 0.15) is 153 Å². The van der Waals surface area contributed by atoms with Crippen molar-refractivity contribution < 1.29 is 52.3 Å². The molecule has 502 valence electrons. The molecule has 8 saturated heterocycles. The molecule has 4 aromatic heterocycles. The monoisotopic (exact) mass is 1350 g/mol. The number of anilines is 2. The molecule has 2 amide bonds. The number of halogens is 1. The number of aliphatic hydroxyl groups is 2. The Morgan fingerprint density at radius 1 is 0.670 bits per heavy atom. The van der Waals surface area contributed by atoms with Crippen molar-refractivity contribution in [2.24, 2.45) is 17.8 Å². The molecule has 15 atom stereocenters. The molecule has 9 unspecified atom stereocenters. The first-order valence-corrected chi connectivity index (χ1v) is 36.2. The molecule has 6 N–H and O–H groups in total. The van der Waals surface area contributed by atoms with Crippen LogP contribution in [0.3, 0.4) is 0 Å². The van der Waals surface area contributed by atoms with Gasteiger partial charge in [0.1, 0.15) is 47.8 Å². The van der Waals surface area contributed by atoms with Gasteiger partial charge in [-0.2, -0.15) is 9.97 Å². The average molecular weight is 1350 g/mol. The van der Waals surface area contributed by atoms with Gasteiger partial charge in [-0.25, -0.2) is 19.3 Å². The van der Waals surface area contributed by atoms with Crippen LogP contribution in [0.2, 0.25) is 0 Å². The number of benzene rings is 3. The summed E-state index contributed by atoms with van der Waals surface area (Å²) in [6, 6.07) is 31.6. The van der Waals surface area contributed by atoms with Gasteiger partial charge in [-0.15, -0.1) is 0 Å². The number of amides is 2. The highest BCUT2D eigenvalue weighted by atomic mass is 35.7.